The lowest BCUT2D eigenvalue weighted by molar-refractivity contribution is -0.117. The number of aryl methyl sites for hydroxylation is 1. The summed E-state index contributed by atoms with van der Waals surface area (Å²) in [5.41, 5.74) is 1.93. The minimum Gasteiger partial charge on any atom is -0.494 e. The van der Waals surface area contributed by atoms with Crippen molar-refractivity contribution in [3.05, 3.63) is 54.1 Å². The maximum Gasteiger partial charge on any atom is 0.243 e. The van der Waals surface area contributed by atoms with Gasteiger partial charge in [0.25, 0.3) is 0 Å². The molecule has 0 radical (unpaired) electrons. The first-order chi connectivity index (χ1) is 14.4. The topological polar surface area (TPSA) is 79.0 Å². The Bertz CT molecular complexity index is 953. The van der Waals surface area contributed by atoms with Crippen molar-refractivity contribution in [3.63, 3.8) is 0 Å². The summed E-state index contributed by atoms with van der Waals surface area (Å²) in [6, 6.07) is 14.3. The van der Waals surface area contributed by atoms with E-state index in [1.165, 1.54) is 4.31 Å². The molecule has 1 saturated heterocycles. The van der Waals surface area contributed by atoms with Crippen molar-refractivity contribution in [1.29, 1.82) is 0 Å². The number of hydrogen-bond donors (Lipinski definition) is 1. The van der Waals surface area contributed by atoms with Gasteiger partial charge in [-0.3, -0.25) is 9.69 Å². The molecule has 0 aromatic heterocycles. The Balaban J connectivity index is 1.54. The van der Waals surface area contributed by atoms with Gasteiger partial charge < -0.3 is 10.1 Å². The second-order valence-corrected chi connectivity index (χ2v) is 9.08. The van der Waals surface area contributed by atoms with E-state index in [1.807, 2.05) is 36.1 Å². The van der Waals surface area contributed by atoms with Gasteiger partial charge >= 0.3 is 0 Å². The van der Waals surface area contributed by atoms with Crippen LogP contribution < -0.4 is 10.1 Å². The molecular weight excluding hydrogens is 402 g/mol. The SMILES string of the molecule is CCOc1ccc(S(=O)(=O)N2CCN(CC(=O)Nc3ccccc3CC)CC2)cc1. The zero-order chi connectivity index (χ0) is 21.6. The molecule has 0 atom stereocenters. The fraction of sp³-hybridized carbons (Fsp3) is 0.409. The van der Waals surface area contributed by atoms with Crippen molar-refractivity contribution in [2.75, 3.05) is 44.6 Å². The van der Waals surface area contributed by atoms with Gasteiger partial charge in [0.2, 0.25) is 15.9 Å². The fourth-order valence-corrected chi connectivity index (χ4v) is 4.92. The van der Waals surface area contributed by atoms with Crippen molar-refractivity contribution in [1.82, 2.24) is 9.21 Å². The largest absolute Gasteiger partial charge is 0.494 e. The monoisotopic (exact) mass is 431 g/mol. The first-order valence-corrected chi connectivity index (χ1v) is 11.7. The molecular formula is C22H29N3O4S. The standard InChI is InChI=1S/C22H29N3O4S/c1-3-18-7-5-6-8-21(18)23-22(26)17-24-13-15-25(16-14-24)30(27,28)20-11-9-19(10-12-20)29-4-2/h5-12H,3-4,13-17H2,1-2H3,(H,23,26). The second kappa shape index (κ2) is 10.1. The van der Waals surface area contributed by atoms with Crippen LogP contribution in [0, 0.1) is 0 Å². The van der Waals surface area contributed by atoms with Crippen molar-refractivity contribution in [3.8, 4) is 5.75 Å². The number of sulfonamides is 1. The summed E-state index contributed by atoms with van der Waals surface area (Å²) in [5, 5.41) is 2.97. The van der Waals surface area contributed by atoms with E-state index in [1.54, 1.807) is 24.3 Å². The first-order valence-electron chi connectivity index (χ1n) is 10.3. The molecule has 30 heavy (non-hydrogen) atoms. The van der Waals surface area contributed by atoms with Gasteiger partial charge in [0.1, 0.15) is 5.75 Å². The predicted octanol–water partition coefficient (Wildman–Crippen LogP) is 2.59. The van der Waals surface area contributed by atoms with Crippen molar-refractivity contribution >= 4 is 21.6 Å². The van der Waals surface area contributed by atoms with Crippen LogP contribution >= 0.6 is 0 Å². The average Bonchev–Trinajstić information content (AvgIpc) is 2.75. The minimum atomic E-state index is -3.55. The van der Waals surface area contributed by atoms with Gasteiger partial charge in [0, 0.05) is 31.9 Å². The molecule has 162 valence electrons. The molecule has 1 N–H and O–H groups in total. The second-order valence-electron chi connectivity index (χ2n) is 7.14. The van der Waals surface area contributed by atoms with Crippen molar-refractivity contribution < 1.29 is 17.9 Å². The van der Waals surface area contributed by atoms with Gasteiger partial charge in [0.15, 0.2) is 0 Å². The number of nitrogens with zero attached hydrogens (tertiary/aromatic N) is 2. The average molecular weight is 432 g/mol. The van der Waals surface area contributed by atoms with E-state index in [2.05, 4.69) is 12.2 Å². The molecule has 7 nitrogen and oxygen atoms in total. The summed E-state index contributed by atoms with van der Waals surface area (Å²) in [4.78, 5) is 14.7. The lowest BCUT2D eigenvalue weighted by atomic mass is 10.1. The van der Waals surface area contributed by atoms with Crippen LogP contribution in [0.2, 0.25) is 0 Å². The smallest absolute Gasteiger partial charge is 0.243 e. The molecule has 0 aliphatic carbocycles. The highest BCUT2D eigenvalue weighted by Gasteiger charge is 2.29. The summed E-state index contributed by atoms with van der Waals surface area (Å²) in [6.45, 7) is 6.45. The Kier molecular flexibility index (Phi) is 7.47. The highest BCUT2D eigenvalue weighted by atomic mass is 32.2. The lowest BCUT2D eigenvalue weighted by Gasteiger charge is -2.33. The van der Waals surface area contributed by atoms with E-state index >= 15 is 0 Å². The Morgan fingerprint density at radius 1 is 1.00 bits per heavy atom. The quantitative estimate of drug-likeness (QED) is 0.695. The molecule has 1 amide bonds. The molecule has 0 spiro atoms. The number of piperazine rings is 1. The minimum absolute atomic E-state index is 0.0845. The number of anilines is 1. The highest BCUT2D eigenvalue weighted by molar-refractivity contribution is 7.89. The zero-order valence-corrected chi connectivity index (χ0v) is 18.3. The number of amides is 1. The lowest BCUT2D eigenvalue weighted by Crippen LogP contribution is -2.50. The third kappa shape index (κ3) is 5.38. The third-order valence-electron chi connectivity index (χ3n) is 5.14. The summed E-state index contributed by atoms with van der Waals surface area (Å²) >= 11 is 0. The summed E-state index contributed by atoms with van der Waals surface area (Å²) in [5.74, 6) is 0.565. The van der Waals surface area contributed by atoms with Gasteiger partial charge in [-0.05, 0) is 49.2 Å². The number of para-hydroxylation sites is 1. The van der Waals surface area contributed by atoms with Crippen molar-refractivity contribution in [2.24, 2.45) is 0 Å². The third-order valence-corrected chi connectivity index (χ3v) is 7.06. The summed E-state index contributed by atoms with van der Waals surface area (Å²) in [7, 11) is -3.55. The van der Waals surface area contributed by atoms with Crippen LogP contribution in [0.15, 0.2) is 53.4 Å². The highest BCUT2D eigenvalue weighted by Crippen LogP contribution is 2.21. The maximum absolute atomic E-state index is 12.9. The summed E-state index contributed by atoms with van der Waals surface area (Å²) in [6.07, 6.45) is 0.846. The number of hydrogen-bond acceptors (Lipinski definition) is 5. The van der Waals surface area contributed by atoms with Crippen LogP contribution in [0.3, 0.4) is 0 Å². The molecule has 8 heteroatoms. The van der Waals surface area contributed by atoms with Gasteiger partial charge in [-0.15, -0.1) is 0 Å². The molecule has 0 unspecified atom stereocenters. The first kappa shape index (κ1) is 22.3. The Morgan fingerprint density at radius 2 is 1.67 bits per heavy atom. The normalized spacial score (nSPS) is 15.7. The molecule has 1 aliphatic rings. The van der Waals surface area contributed by atoms with E-state index in [0.29, 0.717) is 38.5 Å². The molecule has 1 fully saturated rings. The van der Waals surface area contributed by atoms with Crippen LogP contribution in [0.1, 0.15) is 19.4 Å². The van der Waals surface area contributed by atoms with E-state index in [-0.39, 0.29) is 17.3 Å². The van der Waals surface area contributed by atoms with Gasteiger partial charge in [-0.25, -0.2) is 8.42 Å². The maximum atomic E-state index is 12.9. The molecule has 2 aromatic carbocycles. The predicted molar refractivity (Wildman–Crippen MR) is 117 cm³/mol. The van der Waals surface area contributed by atoms with Crippen LogP contribution in [0.5, 0.6) is 5.75 Å². The fourth-order valence-electron chi connectivity index (χ4n) is 3.49. The van der Waals surface area contributed by atoms with Crippen molar-refractivity contribution in [2.45, 2.75) is 25.2 Å². The molecule has 0 saturated carbocycles. The molecule has 1 aliphatic heterocycles. The zero-order valence-electron chi connectivity index (χ0n) is 17.5. The number of ether oxygens (including phenoxy) is 1. The number of carbonyl (C=O) groups excluding carboxylic acids is 1. The number of benzene rings is 2. The molecule has 0 bridgehead atoms. The number of rotatable bonds is 8. The van der Waals surface area contributed by atoms with Gasteiger partial charge in [-0.2, -0.15) is 4.31 Å². The van der Waals surface area contributed by atoms with Crippen LogP contribution in [0.25, 0.3) is 0 Å². The molecule has 1 heterocycles. The van der Waals surface area contributed by atoms with Crippen LogP contribution in [-0.2, 0) is 21.2 Å². The Morgan fingerprint density at radius 3 is 2.30 bits per heavy atom. The van der Waals surface area contributed by atoms with E-state index < -0.39 is 10.0 Å². The van der Waals surface area contributed by atoms with Gasteiger partial charge in [0.05, 0.1) is 18.0 Å². The molecule has 2 aromatic rings. The van der Waals surface area contributed by atoms with Crippen LogP contribution in [0.4, 0.5) is 5.69 Å². The number of nitrogens with one attached hydrogen (secondary N) is 1. The summed E-state index contributed by atoms with van der Waals surface area (Å²) < 4.78 is 32.6. The number of carbonyl (C=O) groups is 1. The Labute approximate surface area is 178 Å². The van der Waals surface area contributed by atoms with E-state index in [4.69, 9.17) is 4.74 Å². The molecule has 3 rings (SSSR count). The van der Waals surface area contributed by atoms with E-state index in [9.17, 15) is 13.2 Å². The Hall–Kier alpha value is -2.42. The van der Waals surface area contributed by atoms with E-state index in [0.717, 1.165) is 17.7 Å². The van der Waals surface area contributed by atoms with Crippen LogP contribution in [-0.4, -0.2) is 62.9 Å². The van der Waals surface area contributed by atoms with Gasteiger partial charge in [-0.1, -0.05) is 25.1 Å².